The third kappa shape index (κ3) is 6.25. The molecule has 28 heavy (non-hydrogen) atoms. The van der Waals surface area contributed by atoms with Crippen molar-refractivity contribution in [3.8, 4) is 5.75 Å². The Morgan fingerprint density at radius 1 is 1.14 bits per heavy atom. The van der Waals surface area contributed by atoms with Gasteiger partial charge in [0.2, 0.25) is 15.9 Å². The minimum Gasteiger partial charge on any atom is -0.497 e. The molecule has 0 saturated heterocycles. The Morgan fingerprint density at radius 2 is 1.79 bits per heavy atom. The monoisotopic (exact) mass is 422 g/mol. The van der Waals surface area contributed by atoms with Crippen molar-refractivity contribution < 1.29 is 17.9 Å². The van der Waals surface area contributed by atoms with Crippen LogP contribution in [0.1, 0.15) is 12.0 Å². The van der Waals surface area contributed by atoms with Crippen LogP contribution in [0.25, 0.3) is 0 Å². The molecule has 0 aliphatic carbocycles. The van der Waals surface area contributed by atoms with E-state index in [0.29, 0.717) is 18.7 Å². The van der Waals surface area contributed by atoms with Crippen molar-refractivity contribution in [1.29, 1.82) is 0 Å². The molecule has 0 bridgehead atoms. The Hall–Kier alpha value is -2.03. The third-order valence-corrected chi connectivity index (χ3v) is 6.35. The molecule has 0 aliphatic heterocycles. The zero-order valence-corrected chi connectivity index (χ0v) is 17.9. The van der Waals surface area contributed by atoms with Crippen LogP contribution >= 0.6 is 11.8 Å². The molecule has 0 aromatic heterocycles. The molecule has 0 fully saturated rings. The van der Waals surface area contributed by atoms with E-state index in [1.165, 1.54) is 12.1 Å². The van der Waals surface area contributed by atoms with Crippen LogP contribution in [0.4, 0.5) is 0 Å². The van der Waals surface area contributed by atoms with E-state index in [1.807, 2.05) is 30.5 Å². The number of hydrogen-bond acceptors (Lipinski definition) is 5. The summed E-state index contributed by atoms with van der Waals surface area (Å²) in [6.07, 6.45) is 2.34. The van der Waals surface area contributed by atoms with Gasteiger partial charge >= 0.3 is 0 Å². The van der Waals surface area contributed by atoms with Crippen LogP contribution in [-0.2, 0) is 21.4 Å². The van der Waals surface area contributed by atoms with Gasteiger partial charge in [-0.15, -0.1) is 0 Å². The number of thioether (sulfide) groups is 1. The molecule has 2 aromatic carbocycles. The number of amides is 1. The van der Waals surface area contributed by atoms with Crippen molar-refractivity contribution in [3.05, 3.63) is 60.2 Å². The van der Waals surface area contributed by atoms with Crippen LogP contribution in [-0.4, -0.2) is 51.4 Å². The molecule has 0 saturated carbocycles. The van der Waals surface area contributed by atoms with Gasteiger partial charge in [0.15, 0.2) is 0 Å². The fourth-order valence-electron chi connectivity index (χ4n) is 2.67. The zero-order valence-electron chi connectivity index (χ0n) is 16.3. The Labute approximate surface area is 171 Å². The average molecular weight is 423 g/mol. The lowest BCUT2D eigenvalue weighted by molar-refractivity contribution is -0.132. The van der Waals surface area contributed by atoms with E-state index >= 15 is 0 Å². The minimum absolute atomic E-state index is 0.148. The molecule has 1 amide bonds. The Kier molecular flexibility index (Phi) is 8.35. The van der Waals surface area contributed by atoms with Crippen molar-refractivity contribution >= 4 is 27.7 Å². The average Bonchev–Trinajstić information content (AvgIpc) is 2.71. The predicted molar refractivity (Wildman–Crippen MR) is 113 cm³/mol. The van der Waals surface area contributed by atoms with Gasteiger partial charge in [0.25, 0.3) is 0 Å². The first-order valence-corrected chi connectivity index (χ1v) is 11.7. The first-order chi connectivity index (χ1) is 13.4. The van der Waals surface area contributed by atoms with Gasteiger partial charge in [0, 0.05) is 13.6 Å². The maximum atomic E-state index is 13.0. The Bertz CT molecular complexity index is 856. The van der Waals surface area contributed by atoms with E-state index < -0.39 is 16.1 Å². The van der Waals surface area contributed by atoms with Crippen LogP contribution in [0.15, 0.2) is 59.5 Å². The Balaban J connectivity index is 2.12. The molecule has 0 spiro atoms. The molecule has 152 valence electrons. The number of benzene rings is 2. The molecule has 2 aromatic rings. The number of sulfonamides is 1. The second-order valence-corrected chi connectivity index (χ2v) is 9.01. The molecule has 1 unspecified atom stereocenters. The van der Waals surface area contributed by atoms with Gasteiger partial charge in [0.1, 0.15) is 11.8 Å². The first kappa shape index (κ1) is 22.3. The summed E-state index contributed by atoms with van der Waals surface area (Å²) in [6, 6.07) is 14.7. The normalized spacial score (nSPS) is 12.4. The number of hydrogen-bond donors (Lipinski definition) is 1. The van der Waals surface area contributed by atoms with Crippen molar-refractivity contribution in [2.75, 3.05) is 26.2 Å². The highest BCUT2D eigenvalue weighted by atomic mass is 32.2. The summed E-state index contributed by atoms with van der Waals surface area (Å²) in [4.78, 5) is 14.6. The highest BCUT2D eigenvalue weighted by molar-refractivity contribution is 7.98. The highest BCUT2D eigenvalue weighted by Gasteiger charge is 2.27. The summed E-state index contributed by atoms with van der Waals surface area (Å²) >= 11 is 1.57. The van der Waals surface area contributed by atoms with Crippen LogP contribution < -0.4 is 9.46 Å². The maximum Gasteiger partial charge on any atom is 0.241 e. The van der Waals surface area contributed by atoms with Gasteiger partial charge in [-0.05, 0) is 48.3 Å². The van der Waals surface area contributed by atoms with Gasteiger partial charge in [-0.25, -0.2) is 8.42 Å². The number of likely N-dealkylation sites (N-methyl/N-ethyl adjacent to an activating group) is 1. The van der Waals surface area contributed by atoms with Crippen molar-refractivity contribution in [2.24, 2.45) is 0 Å². The predicted octanol–water partition coefficient (Wildman–Crippen LogP) is 2.75. The van der Waals surface area contributed by atoms with E-state index in [9.17, 15) is 13.2 Å². The van der Waals surface area contributed by atoms with Crippen LogP contribution in [0.3, 0.4) is 0 Å². The lowest BCUT2D eigenvalue weighted by Gasteiger charge is -2.24. The van der Waals surface area contributed by atoms with E-state index in [-0.39, 0.29) is 10.8 Å². The number of carbonyl (C=O) groups is 1. The first-order valence-electron chi connectivity index (χ1n) is 8.81. The van der Waals surface area contributed by atoms with E-state index in [1.54, 1.807) is 49.0 Å². The molecule has 0 heterocycles. The summed E-state index contributed by atoms with van der Waals surface area (Å²) in [6.45, 7) is 0.381. The van der Waals surface area contributed by atoms with Crippen LogP contribution in [0.2, 0.25) is 0 Å². The minimum atomic E-state index is -3.77. The molecular weight excluding hydrogens is 396 g/mol. The van der Waals surface area contributed by atoms with Gasteiger partial charge in [-0.2, -0.15) is 16.5 Å². The molecule has 2 rings (SSSR count). The molecule has 0 radical (unpaired) electrons. The van der Waals surface area contributed by atoms with Crippen LogP contribution in [0.5, 0.6) is 5.75 Å². The van der Waals surface area contributed by atoms with Crippen LogP contribution in [0, 0.1) is 0 Å². The van der Waals surface area contributed by atoms with E-state index in [4.69, 9.17) is 4.74 Å². The molecule has 6 nitrogen and oxygen atoms in total. The number of ether oxygens (including phenoxy) is 1. The molecular formula is C20H26N2O4S2. The summed E-state index contributed by atoms with van der Waals surface area (Å²) < 4.78 is 33.0. The molecule has 1 N–H and O–H groups in total. The number of rotatable bonds is 10. The molecule has 0 aliphatic rings. The standard InChI is InChI=1S/C20H26N2O4S2/c1-22(15-16-9-11-17(26-2)12-10-16)20(23)19(13-14-27-3)21-28(24,25)18-7-5-4-6-8-18/h4-12,19,21H,13-15H2,1-3H3. The highest BCUT2D eigenvalue weighted by Crippen LogP contribution is 2.15. The largest absolute Gasteiger partial charge is 0.497 e. The lowest BCUT2D eigenvalue weighted by atomic mass is 10.1. The summed E-state index contributed by atoms with van der Waals surface area (Å²) in [5.74, 6) is 1.15. The zero-order chi connectivity index (χ0) is 20.6. The fourth-order valence-corrected chi connectivity index (χ4v) is 4.39. The Morgan fingerprint density at radius 3 is 2.36 bits per heavy atom. The molecule has 8 heteroatoms. The van der Waals surface area contributed by atoms with E-state index in [0.717, 1.165) is 11.3 Å². The number of nitrogens with one attached hydrogen (secondary N) is 1. The van der Waals surface area contributed by atoms with Gasteiger partial charge < -0.3 is 9.64 Å². The topological polar surface area (TPSA) is 75.7 Å². The SMILES string of the molecule is COc1ccc(CN(C)C(=O)C(CCSC)NS(=O)(=O)c2ccccc2)cc1. The summed E-state index contributed by atoms with van der Waals surface area (Å²) in [5, 5.41) is 0. The lowest BCUT2D eigenvalue weighted by Crippen LogP contribution is -2.47. The second-order valence-electron chi connectivity index (χ2n) is 6.31. The second kappa shape index (κ2) is 10.5. The number of methoxy groups -OCH3 is 1. The van der Waals surface area contributed by atoms with Gasteiger partial charge in [-0.1, -0.05) is 30.3 Å². The quantitative estimate of drug-likeness (QED) is 0.637. The third-order valence-electron chi connectivity index (χ3n) is 4.21. The van der Waals surface area contributed by atoms with Gasteiger partial charge in [0.05, 0.1) is 12.0 Å². The van der Waals surface area contributed by atoms with Crippen molar-refractivity contribution in [3.63, 3.8) is 0 Å². The van der Waals surface area contributed by atoms with E-state index in [2.05, 4.69) is 4.72 Å². The van der Waals surface area contributed by atoms with Gasteiger partial charge in [-0.3, -0.25) is 4.79 Å². The summed E-state index contributed by atoms with van der Waals surface area (Å²) in [7, 11) is -0.500. The number of nitrogens with zero attached hydrogens (tertiary/aromatic N) is 1. The summed E-state index contributed by atoms with van der Waals surface area (Å²) in [5.41, 5.74) is 0.936. The fraction of sp³-hybridized carbons (Fsp3) is 0.350. The molecule has 1 atom stereocenters. The maximum absolute atomic E-state index is 13.0. The van der Waals surface area contributed by atoms with Crippen molar-refractivity contribution in [2.45, 2.75) is 23.9 Å². The number of carbonyl (C=O) groups excluding carboxylic acids is 1. The smallest absolute Gasteiger partial charge is 0.241 e. The van der Waals surface area contributed by atoms with Crippen molar-refractivity contribution in [1.82, 2.24) is 9.62 Å².